The van der Waals surface area contributed by atoms with Gasteiger partial charge in [-0.05, 0) is 72.5 Å². The third-order valence-electron chi connectivity index (χ3n) is 4.40. The lowest BCUT2D eigenvalue weighted by molar-refractivity contribution is 0.284. The molecule has 3 aromatic carbocycles. The van der Waals surface area contributed by atoms with Crippen molar-refractivity contribution >= 4 is 23.5 Å². The molecule has 144 valence electrons. The molecule has 0 saturated heterocycles. The van der Waals surface area contributed by atoms with Crippen LogP contribution in [0.3, 0.4) is 0 Å². The molecule has 28 heavy (non-hydrogen) atoms. The van der Waals surface area contributed by atoms with Crippen LogP contribution in [0.5, 0.6) is 11.5 Å². The minimum absolute atomic E-state index is 0.256. The van der Waals surface area contributed by atoms with Gasteiger partial charge in [-0.3, -0.25) is 4.99 Å². The number of halogens is 2. The Morgan fingerprint density at radius 1 is 1.00 bits per heavy atom. The second-order valence-corrected chi connectivity index (χ2v) is 6.88. The topological polar surface area (TPSA) is 30.8 Å². The van der Waals surface area contributed by atoms with Gasteiger partial charge in [-0.25, -0.2) is 4.39 Å². The van der Waals surface area contributed by atoms with Crippen LogP contribution < -0.4 is 9.47 Å². The fourth-order valence-electron chi connectivity index (χ4n) is 2.65. The monoisotopic (exact) mass is 397 g/mol. The molecular weight excluding hydrogens is 377 g/mol. The molecular formula is C23H21ClFNO2. The van der Waals surface area contributed by atoms with Crippen molar-refractivity contribution in [3.8, 4) is 11.5 Å². The Morgan fingerprint density at radius 3 is 2.43 bits per heavy atom. The van der Waals surface area contributed by atoms with E-state index in [-0.39, 0.29) is 12.4 Å². The van der Waals surface area contributed by atoms with Crippen molar-refractivity contribution in [1.82, 2.24) is 0 Å². The van der Waals surface area contributed by atoms with Crippen LogP contribution >= 0.6 is 11.6 Å². The van der Waals surface area contributed by atoms with E-state index in [2.05, 4.69) is 18.8 Å². The summed E-state index contributed by atoms with van der Waals surface area (Å²) < 4.78 is 24.3. The summed E-state index contributed by atoms with van der Waals surface area (Å²) in [5.41, 5.74) is 4.92. The molecule has 0 aromatic heterocycles. The Hall–Kier alpha value is -2.85. The van der Waals surface area contributed by atoms with Crippen molar-refractivity contribution in [1.29, 1.82) is 0 Å². The molecule has 0 spiro atoms. The summed E-state index contributed by atoms with van der Waals surface area (Å²) in [6.07, 6.45) is 1.74. The lowest BCUT2D eigenvalue weighted by Gasteiger charge is -2.13. The van der Waals surface area contributed by atoms with Crippen LogP contribution in [0.15, 0.2) is 59.6 Å². The first-order valence-electron chi connectivity index (χ1n) is 8.82. The van der Waals surface area contributed by atoms with Crippen molar-refractivity contribution < 1.29 is 13.9 Å². The van der Waals surface area contributed by atoms with Crippen LogP contribution in [-0.2, 0) is 6.61 Å². The summed E-state index contributed by atoms with van der Waals surface area (Å²) in [6, 6.07) is 15.8. The molecule has 0 N–H and O–H groups in total. The van der Waals surface area contributed by atoms with E-state index < -0.39 is 0 Å². The number of hydrogen-bond acceptors (Lipinski definition) is 3. The highest BCUT2D eigenvalue weighted by molar-refractivity contribution is 6.32. The van der Waals surface area contributed by atoms with E-state index in [0.29, 0.717) is 16.5 Å². The Kier molecular flexibility index (Phi) is 6.32. The zero-order valence-electron chi connectivity index (χ0n) is 16.0. The lowest BCUT2D eigenvalue weighted by atomic mass is 10.1. The summed E-state index contributed by atoms with van der Waals surface area (Å²) in [5.74, 6) is 0.666. The number of aliphatic imine (C=N–C) groups is 1. The molecule has 3 aromatic rings. The van der Waals surface area contributed by atoms with Crippen LogP contribution in [0.1, 0.15) is 22.3 Å². The fourth-order valence-corrected chi connectivity index (χ4v) is 2.92. The van der Waals surface area contributed by atoms with Gasteiger partial charge in [0, 0.05) is 6.21 Å². The van der Waals surface area contributed by atoms with E-state index in [1.54, 1.807) is 31.5 Å². The van der Waals surface area contributed by atoms with Gasteiger partial charge in [-0.1, -0.05) is 29.8 Å². The van der Waals surface area contributed by atoms with E-state index in [1.807, 2.05) is 24.3 Å². The molecule has 0 aliphatic rings. The van der Waals surface area contributed by atoms with E-state index in [1.165, 1.54) is 23.3 Å². The standard InChI is InChI=1S/C23H21ClFNO2/c1-15-4-9-20(10-16(15)2)26-13-18-11-21(24)23(22(12-18)27-3)28-14-17-5-7-19(25)8-6-17/h4-13H,14H2,1-3H3. The number of aryl methyl sites for hydroxylation is 2. The Morgan fingerprint density at radius 2 is 1.75 bits per heavy atom. The van der Waals surface area contributed by atoms with Crippen LogP contribution in [-0.4, -0.2) is 13.3 Å². The Bertz CT molecular complexity index is 1000. The summed E-state index contributed by atoms with van der Waals surface area (Å²) in [7, 11) is 1.56. The van der Waals surface area contributed by atoms with Gasteiger partial charge in [0.05, 0.1) is 17.8 Å². The Balaban J connectivity index is 1.79. The molecule has 0 heterocycles. The maximum atomic E-state index is 13.0. The molecule has 3 rings (SSSR count). The second kappa shape index (κ2) is 8.89. The van der Waals surface area contributed by atoms with Gasteiger partial charge in [0.2, 0.25) is 0 Å². The molecule has 0 unspecified atom stereocenters. The van der Waals surface area contributed by atoms with Crippen molar-refractivity contribution in [3.63, 3.8) is 0 Å². The predicted molar refractivity (Wildman–Crippen MR) is 112 cm³/mol. The van der Waals surface area contributed by atoms with Crippen LogP contribution in [0, 0.1) is 19.7 Å². The van der Waals surface area contributed by atoms with E-state index >= 15 is 0 Å². The predicted octanol–water partition coefficient (Wildman–Crippen LogP) is 6.43. The number of ether oxygens (including phenoxy) is 2. The molecule has 3 nitrogen and oxygen atoms in total. The third-order valence-corrected chi connectivity index (χ3v) is 4.68. The molecule has 5 heteroatoms. The van der Waals surface area contributed by atoms with Gasteiger partial charge in [-0.15, -0.1) is 0 Å². The third kappa shape index (κ3) is 4.90. The van der Waals surface area contributed by atoms with Crippen LogP contribution in [0.2, 0.25) is 5.02 Å². The van der Waals surface area contributed by atoms with Gasteiger partial charge in [0.15, 0.2) is 11.5 Å². The van der Waals surface area contributed by atoms with Gasteiger partial charge < -0.3 is 9.47 Å². The van der Waals surface area contributed by atoms with Gasteiger partial charge in [0.25, 0.3) is 0 Å². The van der Waals surface area contributed by atoms with Crippen LogP contribution in [0.4, 0.5) is 10.1 Å². The van der Waals surface area contributed by atoms with Crippen molar-refractivity contribution in [2.75, 3.05) is 7.11 Å². The summed E-state index contributed by atoms with van der Waals surface area (Å²) in [5, 5.41) is 0.419. The van der Waals surface area contributed by atoms with Crippen molar-refractivity contribution in [3.05, 3.63) is 87.7 Å². The Labute approximate surface area is 169 Å². The van der Waals surface area contributed by atoms with Crippen molar-refractivity contribution in [2.45, 2.75) is 20.5 Å². The zero-order valence-corrected chi connectivity index (χ0v) is 16.8. The normalized spacial score (nSPS) is 11.0. The maximum absolute atomic E-state index is 13.0. The van der Waals surface area contributed by atoms with Gasteiger partial charge in [0.1, 0.15) is 12.4 Å². The summed E-state index contributed by atoms with van der Waals surface area (Å²) in [6.45, 7) is 4.38. The quantitative estimate of drug-likeness (QED) is 0.448. The van der Waals surface area contributed by atoms with E-state index in [0.717, 1.165) is 16.8 Å². The number of benzene rings is 3. The fraction of sp³-hybridized carbons (Fsp3) is 0.174. The zero-order chi connectivity index (χ0) is 20.1. The van der Waals surface area contributed by atoms with E-state index in [9.17, 15) is 4.39 Å². The van der Waals surface area contributed by atoms with Crippen molar-refractivity contribution in [2.24, 2.45) is 4.99 Å². The largest absolute Gasteiger partial charge is 0.493 e. The molecule has 0 fully saturated rings. The summed E-state index contributed by atoms with van der Waals surface area (Å²) >= 11 is 6.41. The average molecular weight is 398 g/mol. The highest BCUT2D eigenvalue weighted by atomic mass is 35.5. The highest BCUT2D eigenvalue weighted by Gasteiger charge is 2.12. The molecule has 0 bridgehead atoms. The second-order valence-electron chi connectivity index (χ2n) is 6.48. The minimum Gasteiger partial charge on any atom is -0.493 e. The molecule has 0 radical (unpaired) electrons. The van der Waals surface area contributed by atoms with Gasteiger partial charge in [-0.2, -0.15) is 0 Å². The highest BCUT2D eigenvalue weighted by Crippen LogP contribution is 2.36. The molecule has 0 amide bonds. The van der Waals surface area contributed by atoms with Gasteiger partial charge >= 0.3 is 0 Å². The molecule has 0 aliphatic heterocycles. The number of rotatable bonds is 6. The lowest BCUT2D eigenvalue weighted by Crippen LogP contribution is -1.99. The van der Waals surface area contributed by atoms with Crippen LogP contribution in [0.25, 0.3) is 0 Å². The smallest absolute Gasteiger partial charge is 0.180 e. The number of hydrogen-bond donors (Lipinski definition) is 0. The SMILES string of the molecule is COc1cc(C=Nc2ccc(C)c(C)c2)cc(Cl)c1OCc1ccc(F)cc1. The summed E-state index contributed by atoms with van der Waals surface area (Å²) in [4.78, 5) is 4.51. The number of nitrogens with zero attached hydrogens (tertiary/aromatic N) is 1. The molecule has 0 saturated carbocycles. The first-order valence-corrected chi connectivity index (χ1v) is 9.20. The molecule has 0 aliphatic carbocycles. The minimum atomic E-state index is -0.285. The van der Waals surface area contributed by atoms with E-state index in [4.69, 9.17) is 21.1 Å². The first-order chi connectivity index (χ1) is 13.5. The molecule has 0 atom stereocenters. The number of methoxy groups -OCH3 is 1. The average Bonchev–Trinajstić information content (AvgIpc) is 2.69. The maximum Gasteiger partial charge on any atom is 0.180 e. The first kappa shape index (κ1) is 19.9.